The van der Waals surface area contributed by atoms with Gasteiger partial charge < -0.3 is 19.3 Å². The predicted molar refractivity (Wildman–Crippen MR) is 111 cm³/mol. The molecule has 3 unspecified atom stereocenters. The van der Waals surface area contributed by atoms with Crippen LogP contribution in [0.1, 0.15) is 18.9 Å². The van der Waals surface area contributed by atoms with E-state index in [4.69, 9.17) is 14.6 Å². The lowest BCUT2D eigenvalue weighted by molar-refractivity contribution is -0.0503. The number of alkyl halides is 3. The Balaban J connectivity index is 0.000000305. The molecule has 1 aliphatic carbocycles. The van der Waals surface area contributed by atoms with Crippen LogP contribution in [0.4, 0.5) is 13.2 Å². The van der Waals surface area contributed by atoms with E-state index in [-0.39, 0.29) is 11.8 Å². The number of halogens is 3. The lowest BCUT2D eigenvalue weighted by Gasteiger charge is -2.13. The van der Waals surface area contributed by atoms with E-state index in [1.54, 1.807) is 42.9 Å². The molecule has 32 heavy (non-hydrogen) atoms. The lowest BCUT2D eigenvalue weighted by Crippen LogP contribution is -2.28. The van der Waals surface area contributed by atoms with E-state index in [1.165, 1.54) is 20.3 Å². The van der Waals surface area contributed by atoms with Gasteiger partial charge in [-0.15, -0.1) is 0 Å². The normalized spacial score (nSPS) is 18.2. The number of aliphatic hydroxyl groups is 1. The number of methoxy groups -OCH3 is 2. The second-order valence-corrected chi connectivity index (χ2v) is 7.19. The smallest absolute Gasteiger partial charge is 0.387 e. The number of nitrogens with zero attached hydrogens (tertiary/aromatic N) is 3. The molecule has 1 saturated carbocycles. The standard InChI is InChI=1S/C16H15F2N3O3.C5H10FNO/c1-9-13(23-3)4-10(5-14(9)24-16(17)18)12-8-19-15-6-11(22-2)7-20-21(12)15;1-3(8)7-5-2-4(5)6/h4-8,16H,1-3H3;3-5,7-8H,2H2,1H3. The number of aliphatic hydroxyl groups excluding tert-OH is 1. The van der Waals surface area contributed by atoms with Gasteiger partial charge in [-0.05, 0) is 32.4 Å². The van der Waals surface area contributed by atoms with Crippen LogP contribution in [0.2, 0.25) is 0 Å². The molecular weight excluding hydrogens is 429 g/mol. The van der Waals surface area contributed by atoms with Crippen molar-refractivity contribution in [2.24, 2.45) is 0 Å². The molecule has 0 bridgehead atoms. The van der Waals surface area contributed by atoms with E-state index >= 15 is 0 Å². The molecule has 8 nitrogen and oxygen atoms in total. The topological polar surface area (TPSA) is 90.1 Å². The first-order valence-electron chi connectivity index (χ1n) is 9.83. The van der Waals surface area contributed by atoms with E-state index in [0.717, 1.165) is 0 Å². The molecule has 174 valence electrons. The van der Waals surface area contributed by atoms with Crippen LogP contribution in [0.15, 0.2) is 30.6 Å². The zero-order valence-corrected chi connectivity index (χ0v) is 18.1. The molecule has 1 fully saturated rings. The van der Waals surface area contributed by atoms with Crippen LogP contribution in [0.3, 0.4) is 0 Å². The first-order chi connectivity index (χ1) is 15.2. The summed E-state index contributed by atoms with van der Waals surface area (Å²) in [5.41, 5.74) is 2.27. The van der Waals surface area contributed by atoms with Crippen molar-refractivity contribution in [3.8, 4) is 28.5 Å². The summed E-state index contributed by atoms with van der Waals surface area (Å²) in [6.07, 6.45) is 2.41. The molecular formula is C21H25F3N4O4. The quantitative estimate of drug-likeness (QED) is 0.529. The Morgan fingerprint density at radius 2 is 1.84 bits per heavy atom. The minimum atomic E-state index is -2.92. The van der Waals surface area contributed by atoms with Gasteiger partial charge in [-0.2, -0.15) is 13.9 Å². The van der Waals surface area contributed by atoms with E-state index in [1.807, 2.05) is 0 Å². The fraction of sp³-hybridized carbons (Fsp3) is 0.429. The zero-order chi connectivity index (χ0) is 23.4. The number of fused-ring (bicyclic) bond motifs is 1. The minimum Gasteiger partial charge on any atom is -0.496 e. The molecule has 2 heterocycles. The van der Waals surface area contributed by atoms with Gasteiger partial charge in [0, 0.05) is 23.2 Å². The number of rotatable bonds is 7. The first kappa shape index (κ1) is 23.6. The number of hydrogen-bond acceptors (Lipinski definition) is 7. The van der Waals surface area contributed by atoms with Gasteiger partial charge in [-0.3, -0.25) is 5.32 Å². The highest BCUT2D eigenvalue weighted by Gasteiger charge is 2.37. The number of nitrogens with one attached hydrogen (secondary N) is 1. The number of benzene rings is 1. The molecule has 2 aromatic heterocycles. The van der Waals surface area contributed by atoms with Crippen molar-refractivity contribution < 1.29 is 32.5 Å². The third kappa shape index (κ3) is 5.60. The van der Waals surface area contributed by atoms with E-state index in [9.17, 15) is 13.2 Å². The molecule has 4 rings (SSSR count). The van der Waals surface area contributed by atoms with Gasteiger partial charge in [0.15, 0.2) is 5.65 Å². The van der Waals surface area contributed by atoms with Crippen molar-refractivity contribution in [1.82, 2.24) is 19.9 Å². The van der Waals surface area contributed by atoms with E-state index in [0.29, 0.717) is 40.4 Å². The average Bonchev–Trinajstić information content (AvgIpc) is 3.26. The van der Waals surface area contributed by atoms with Crippen molar-refractivity contribution >= 4 is 5.65 Å². The number of hydrogen-bond donors (Lipinski definition) is 2. The Hall–Kier alpha value is -3.05. The van der Waals surface area contributed by atoms with Crippen LogP contribution >= 0.6 is 0 Å². The molecule has 0 aliphatic heterocycles. The van der Waals surface area contributed by atoms with Crippen molar-refractivity contribution in [2.75, 3.05) is 14.2 Å². The van der Waals surface area contributed by atoms with Crippen LogP contribution in [-0.2, 0) is 0 Å². The predicted octanol–water partition coefficient (Wildman–Crippen LogP) is 3.35. The molecule has 1 aromatic carbocycles. The van der Waals surface area contributed by atoms with Gasteiger partial charge in [0.25, 0.3) is 0 Å². The summed E-state index contributed by atoms with van der Waals surface area (Å²) in [5, 5.41) is 15.5. The molecule has 3 atom stereocenters. The van der Waals surface area contributed by atoms with Crippen LogP contribution in [0.25, 0.3) is 16.9 Å². The summed E-state index contributed by atoms with van der Waals surface area (Å²) in [7, 11) is 3.01. The monoisotopic (exact) mass is 454 g/mol. The lowest BCUT2D eigenvalue weighted by atomic mass is 10.1. The third-order valence-electron chi connectivity index (χ3n) is 4.78. The number of ether oxygens (including phenoxy) is 3. The molecule has 1 aliphatic rings. The van der Waals surface area contributed by atoms with Crippen LogP contribution in [-0.4, -0.2) is 59.0 Å². The summed E-state index contributed by atoms with van der Waals surface area (Å²) in [6.45, 7) is 0.316. The van der Waals surface area contributed by atoms with Crippen molar-refractivity contribution in [3.63, 3.8) is 0 Å². The first-order valence-corrected chi connectivity index (χ1v) is 9.83. The largest absolute Gasteiger partial charge is 0.496 e. The molecule has 2 N–H and O–H groups in total. The summed E-state index contributed by atoms with van der Waals surface area (Å²) < 4.78 is 53.8. The Bertz CT molecular complexity index is 1060. The van der Waals surface area contributed by atoms with Gasteiger partial charge in [-0.1, -0.05) is 0 Å². The maximum absolute atomic E-state index is 12.6. The number of aromatic nitrogens is 3. The Labute approximate surface area is 182 Å². The Morgan fingerprint density at radius 3 is 2.38 bits per heavy atom. The van der Waals surface area contributed by atoms with Gasteiger partial charge >= 0.3 is 6.61 Å². The van der Waals surface area contributed by atoms with E-state index < -0.39 is 19.0 Å². The maximum Gasteiger partial charge on any atom is 0.387 e. The van der Waals surface area contributed by atoms with Crippen LogP contribution < -0.4 is 19.5 Å². The van der Waals surface area contributed by atoms with Gasteiger partial charge in [0.05, 0.1) is 32.3 Å². The molecule has 3 aromatic rings. The van der Waals surface area contributed by atoms with Crippen molar-refractivity contribution in [1.29, 1.82) is 0 Å². The average molecular weight is 454 g/mol. The summed E-state index contributed by atoms with van der Waals surface area (Å²) in [5.74, 6) is 1.05. The Kier molecular flexibility index (Phi) is 7.41. The van der Waals surface area contributed by atoms with Crippen molar-refractivity contribution in [3.05, 3.63) is 36.2 Å². The number of imidazole rings is 1. The highest BCUT2D eigenvalue weighted by atomic mass is 19.3. The maximum atomic E-state index is 12.6. The second-order valence-electron chi connectivity index (χ2n) is 7.19. The second kappa shape index (κ2) is 10.0. The van der Waals surface area contributed by atoms with Crippen molar-refractivity contribution in [2.45, 2.75) is 45.3 Å². The zero-order valence-electron chi connectivity index (χ0n) is 18.1. The highest BCUT2D eigenvalue weighted by Crippen LogP contribution is 2.35. The summed E-state index contributed by atoms with van der Waals surface area (Å²) in [6, 6.07) is 4.89. The minimum absolute atomic E-state index is 0.0443. The SMILES string of the molecule is CC(O)NC1CC1F.COc1cnn2c(-c3cc(OC)c(C)c(OC(F)F)c3)cnc2c1. The van der Waals surface area contributed by atoms with Gasteiger partial charge in [-0.25, -0.2) is 13.9 Å². The molecule has 0 spiro atoms. The van der Waals surface area contributed by atoms with Gasteiger partial charge in [0.2, 0.25) is 0 Å². The fourth-order valence-corrected chi connectivity index (χ4v) is 3.05. The highest BCUT2D eigenvalue weighted by molar-refractivity contribution is 5.68. The summed E-state index contributed by atoms with van der Waals surface area (Å²) >= 11 is 0. The molecule has 0 radical (unpaired) electrons. The molecule has 0 amide bonds. The van der Waals surface area contributed by atoms with Gasteiger partial charge in [0.1, 0.15) is 29.6 Å². The fourth-order valence-electron chi connectivity index (χ4n) is 3.05. The third-order valence-corrected chi connectivity index (χ3v) is 4.78. The summed E-state index contributed by atoms with van der Waals surface area (Å²) in [4.78, 5) is 4.26. The Morgan fingerprint density at radius 1 is 1.16 bits per heavy atom. The molecule has 0 saturated heterocycles. The van der Waals surface area contributed by atoms with Crippen LogP contribution in [0, 0.1) is 6.92 Å². The van der Waals surface area contributed by atoms with Crippen LogP contribution in [0.5, 0.6) is 17.2 Å². The van der Waals surface area contributed by atoms with E-state index in [2.05, 4.69) is 20.1 Å². The molecule has 11 heteroatoms.